The lowest BCUT2D eigenvalue weighted by Gasteiger charge is -2.17. The van der Waals surface area contributed by atoms with Gasteiger partial charge < -0.3 is 9.47 Å². The van der Waals surface area contributed by atoms with Crippen molar-refractivity contribution in [2.75, 3.05) is 0 Å². The Labute approximate surface area is 94.7 Å². The van der Waals surface area contributed by atoms with E-state index in [2.05, 4.69) is 0 Å². The van der Waals surface area contributed by atoms with Crippen LogP contribution in [0.2, 0.25) is 0 Å². The fourth-order valence-corrected chi connectivity index (χ4v) is 0.629. The van der Waals surface area contributed by atoms with Crippen LogP contribution in [0.1, 0.15) is 27.7 Å². The SMILES string of the molecule is CC(C)C(Cl)OC(=O)OC(Cl)C(C)C. The van der Waals surface area contributed by atoms with Gasteiger partial charge in [0.05, 0.1) is 0 Å². The van der Waals surface area contributed by atoms with Crippen LogP contribution in [0.4, 0.5) is 4.79 Å². The number of hydrogen-bond donors (Lipinski definition) is 0. The Morgan fingerprint density at radius 3 is 1.43 bits per heavy atom. The molecule has 0 rings (SSSR count). The highest BCUT2D eigenvalue weighted by Crippen LogP contribution is 2.15. The van der Waals surface area contributed by atoms with Crippen molar-refractivity contribution in [1.82, 2.24) is 0 Å². The molecular formula is C9H16Cl2O3. The van der Waals surface area contributed by atoms with Crippen LogP contribution < -0.4 is 0 Å². The largest absolute Gasteiger partial charge is 0.511 e. The van der Waals surface area contributed by atoms with Crippen molar-refractivity contribution in [1.29, 1.82) is 0 Å². The first-order chi connectivity index (χ1) is 6.34. The minimum absolute atomic E-state index is 0.0389. The second-order valence-corrected chi connectivity index (χ2v) is 4.54. The van der Waals surface area contributed by atoms with Crippen molar-refractivity contribution in [2.45, 2.75) is 38.8 Å². The van der Waals surface area contributed by atoms with Crippen molar-refractivity contribution >= 4 is 29.4 Å². The van der Waals surface area contributed by atoms with Crippen molar-refractivity contribution in [3.63, 3.8) is 0 Å². The standard InChI is InChI=1S/C9H16Cl2O3/c1-5(2)7(10)13-9(12)14-8(11)6(3)4/h5-8H,1-4H3. The maximum absolute atomic E-state index is 11.1. The Balaban J connectivity index is 3.87. The molecular weight excluding hydrogens is 227 g/mol. The lowest BCUT2D eigenvalue weighted by atomic mass is 10.2. The van der Waals surface area contributed by atoms with Gasteiger partial charge in [0.15, 0.2) is 11.1 Å². The van der Waals surface area contributed by atoms with E-state index in [0.29, 0.717) is 0 Å². The number of ether oxygens (including phenoxy) is 2. The summed E-state index contributed by atoms with van der Waals surface area (Å²) in [7, 11) is 0. The van der Waals surface area contributed by atoms with Crippen molar-refractivity contribution in [2.24, 2.45) is 11.8 Å². The lowest BCUT2D eigenvalue weighted by Crippen LogP contribution is -2.23. The summed E-state index contributed by atoms with van der Waals surface area (Å²) >= 11 is 11.4. The van der Waals surface area contributed by atoms with Crippen LogP contribution >= 0.6 is 23.2 Å². The summed E-state index contributed by atoms with van der Waals surface area (Å²) in [6.07, 6.45) is -0.826. The van der Waals surface area contributed by atoms with E-state index in [1.54, 1.807) is 0 Å². The van der Waals surface area contributed by atoms with E-state index in [-0.39, 0.29) is 11.8 Å². The second-order valence-electron chi connectivity index (χ2n) is 3.68. The molecule has 14 heavy (non-hydrogen) atoms. The van der Waals surface area contributed by atoms with Gasteiger partial charge in [-0.1, -0.05) is 50.9 Å². The van der Waals surface area contributed by atoms with E-state index >= 15 is 0 Å². The number of alkyl halides is 2. The van der Waals surface area contributed by atoms with E-state index in [9.17, 15) is 4.79 Å². The molecule has 0 spiro atoms. The van der Waals surface area contributed by atoms with Crippen LogP contribution in [0, 0.1) is 11.8 Å². The van der Waals surface area contributed by atoms with E-state index in [0.717, 1.165) is 0 Å². The third kappa shape index (κ3) is 5.55. The van der Waals surface area contributed by atoms with Gasteiger partial charge in [-0.15, -0.1) is 0 Å². The third-order valence-corrected chi connectivity index (χ3v) is 2.65. The summed E-state index contributed by atoms with van der Waals surface area (Å²) in [5, 5.41) is 0. The zero-order valence-corrected chi connectivity index (χ0v) is 10.3. The summed E-state index contributed by atoms with van der Waals surface area (Å²) in [5.41, 5.74) is -1.36. The van der Waals surface area contributed by atoms with Gasteiger partial charge in [0, 0.05) is 11.8 Å². The highest BCUT2D eigenvalue weighted by atomic mass is 35.5. The number of rotatable bonds is 4. The van der Waals surface area contributed by atoms with Crippen LogP contribution in [-0.2, 0) is 9.47 Å². The molecule has 0 aromatic carbocycles. The van der Waals surface area contributed by atoms with Gasteiger partial charge >= 0.3 is 6.16 Å². The molecule has 3 nitrogen and oxygen atoms in total. The topological polar surface area (TPSA) is 35.5 Å². The summed E-state index contributed by atoms with van der Waals surface area (Å²) in [6.45, 7) is 7.36. The molecule has 0 bridgehead atoms. The molecule has 2 unspecified atom stereocenters. The molecule has 0 N–H and O–H groups in total. The summed E-state index contributed by atoms with van der Waals surface area (Å²) in [4.78, 5) is 11.1. The molecule has 0 aromatic rings. The van der Waals surface area contributed by atoms with Crippen LogP contribution in [0.5, 0.6) is 0 Å². The normalized spacial score (nSPS) is 15.4. The van der Waals surface area contributed by atoms with E-state index < -0.39 is 17.3 Å². The Morgan fingerprint density at radius 1 is 0.929 bits per heavy atom. The van der Waals surface area contributed by atoms with Crippen LogP contribution in [0.15, 0.2) is 0 Å². The van der Waals surface area contributed by atoms with Crippen LogP contribution in [-0.4, -0.2) is 17.3 Å². The average molecular weight is 243 g/mol. The first-order valence-corrected chi connectivity index (χ1v) is 5.37. The Kier molecular flexibility index (Phi) is 6.29. The minimum atomic E-state index is -0.826. The molecule has 5 heteroatoms. The van der Waals surface area contributed by atoms with Gasteiger partial charge in [0.2, 0.25) is 0 Å². The Bertz CT molecular complexity index is 165. The summed E-state index contributed by atoms with van der Waals surface area (Å²) in [6, 6.07) is 0. The number of hydrogen-bond acceptors (Lipinski definition) is 3. The molecule has 0 aliphatic rings. The first-order valence-electron chi connectivity index (χ1n) is 4.50. The predicted molar refractivity (Wildman–Crippen MR) is 56.5 cm³/mol. The predicted octanol–water partition coefficient (Wildman–Crippen LogP) is 3.58. The van der Waals surface area contributed by atoms with Gasteiger partial charge in [-0.25, -0.2) is 4.79 Å². The monoisotopic (exact) mass is 242 g/mol. The molecule has 0 fully saturated rings. The van der Waals surface area contributed by atoms with Gasteiger partial charge in [0.25, 0.3) is 0 Å². The molecule has 0 aliphatic heterocycles. The molecule has 0 aliphatic carbocycles. The Hall–Kier alpha value is -0.150. The molecule has 84 valence electrons. The molecule has 0 saturated carbocycles. The zero-order chi connectivity index (χ0) is 11.3. The maximum atomic E-state index is 11.1. The van der Waals surface area contributed by atoms with Gasteiger partial charge in [-0.3, -0.25) is 0 Å². The van der Waals surface area contributed by atoms with Crippen molar-refractivity contribution in [3.8, 4) is 0 Å². The smallest absolute Gasteiger partial charge is 0.414 e. The number of carbonyl (C=O) groups is 1. The fourth-order valence-electron chi connectivity index (χ4n) is 0.484. The third-order valence-electron chi connectivity index (χ3n) is 1.47. The minimum Gasteiger partial charge on any atom is -0.414 e. The van der Waals surface area contributed by atoms with E-state index in [1.807, 2.05) is 27.7 Å². The van der Waals surface area contributed by atoms with Gasteiger partial charge in [-0.2, -0.15) is 0 Å². The number of halogens is 2. The van der Waals surface area contributed by atoms with Crippen LogP contribution in [0.25, 0.3) is 0 Å². The zero-order valence-electron chi connectivity index (χ0n) is 8.79. The Morgan fingerprint density at radius 2 is 1.21 bits per heavy atom. The van der Waals surface area contributed by atoms with Crippen molar-refractivity contribution < 1.29 is 14.3 Å². The molecule has 0 aromatic heterocycles. The van der Waals surface area contributed by atoms with Crippen LogP contribution in [0.3, 0.4) is 0 Å². The summed E-state index contributed by atoms with van der Waals surface area (Å²) < 4.78 is 9.50. The number of carbonyl (C=O) groups excluding carboxylic acids is 1. The molecule has 0 saturated heterocycles. The van der Waals surface area contributed by atoms with Gasteiger partial charge in [0.1, 0.15) is 0 Å². The highest BCUT2D eigenvalue weighted by Gasteiger charge is 2.20. The molecule has 0 radical (unpaired) electrons. The highest BCUT2D eigenvalue weighted by molar-refractivity contribution is 6.21. The second kappa shape index (κ2) is 6.36. The fraction of sp³-hybridized carbons (Fsp3) is 0.889. The van der Waals surface area contributed by atoms with E-state index in [1.165, 1.54) is 0 Å². The van der Waals surface area contributed by atoms with Gasteiger partial charge in [-0.05, 0) is 0 Å². The molecule has 0 amide bonds. The summed E-state index contributed by atoms with van der Waals surface area (Å²) in [5.74, 6) is 0.0779. The lowest BCUT2D eigenvalue weighted by molar-refractivity contribution is 0.0179. The maximum Gasteiger partial charge on any atom is 0.511 e. The molecule has 2 atom stereocenters. The van der Waals surface area contributed by atoms with E-state index in [4.69, 9.17) is 32.7 Å². The average Bonchev–Trinajstić information content (AvgIpc) is 2.03. The van der Waals surface area contributed by atoms with Crippen molar-refractivity contribution in [3.05, 3.63) is 0 Å². The molecule has 0 heterocycles. The first kappa shape index (κ1) is 13.8. The quantitative estimate of drug-likeness (QED) is 0.559.